The van der Waals surface area contributed by atoms with Gasteiger partial charge in [-0.25, -0.2) is 13.6 Å². The maximum absolute atomic E-state index is 12.1. The van der Waals surface area contributed by atoms with E-state index in [9.17, 15) is 21.6 Å². The van der Waals surface area contributed by atoms with E-state index >= 15 is 0 Å². The van der Waals surface area contributed by atoms with Crippen LogP contribution in [0.4, 0.5) is 13.2 Å². The van der Waals surface area contributed by atoms with Crippen molar-refractivity contribution in [1.82, 2.24) is 0 Å². The van der Waals surface area contributed by atoms with E-state index in [1.165, 1.54) is 18.2 Å². The second-order valence-electron chi connectivity index (χ2n) is 3.11. The fourth-order valence-corrected chi connectivity index (χ4v) is 3.50. The number of primary sulfonamides is 1. The number of thioether (sulfide) groups is 1. The number of alkyl halides is 3. The van der Waals surface area contributed by atoms with E-state index in [0.717, 1.165) is 0 Å². The molecule has 0 heterocycles. The average molecular weight is 397 g/mol. The van der Waals surface area contributed by atoms with Crippen LogP contribution in [0.2, 0.25) is 0 Å². The first-order chi connectivity index (χ1) is 7.57. The smallest absolute Gasteiger partial charge is 0.228 e. The topological polar surface area (TPSA) is 60.2 Å². The molecule has 0 saturated carbocycles. The lowest BCUT2D eigenvalue weighted by molar-refractivity contribution is -0.0328. The lowest BCUT2D eigenvalue weighted by Gasteiger charge is -2.08. The van der Waals surface area contributed by atoms with Crippen molar-refractivity contribution >= 4 is 44.4 Å². The molecule has 1 rings (SSSR count). The van der Waals surface area contributed by atoms with Crippen LogP contribution in [0.15, 0.2) is 23.1 Å². The van der Waals surface area contributed by atoms with Crippen LogP contribution in [-0.4, -0.2) is 13.9 Å². The van der Waals surface area contributed by atoms with Crippen LogP contribution in [-0.2, 0) is 15.8 Å². The summed E-state index contributed by atoms with van der Waals surface area (Å²) in [5, 5.41) is 4.86. The van der Waals surface area contributed by atoms with Gasteiger partial charge in [0.1, 0.15) is 0 Å². The highest BCUT2D eigenvalue weighted by molar-refractivity contribution is 14.1. The van der Waals surface area contributed by atoms with Gasteiger partial charge in [-0.15, -0.1) is 0 Å². The Morgan fingerprint density at radius 3 is 2.35 bits per heavy atom. The summed E-state index contributed by atoms with van der Waals surface area (Å²) >= 11 is 1.53. The normalized spacial score (nSPS) is 12.8. The second-order valence-corrected chi connectivity index (χ2v) is 7.02. The maximum atomic E-state index is 12.1. The first kappa shape index (κ1) is 15.1. The molecule has 0 aliphatic rings. The highest BCUT2D eigenvalue weighted by Gasteiger charge is 2.29. The summed E-state index contributed by atoms with van der Waals surface area (Å²) < 4.78 is 58.4. The number of sulfonamides is 1. The highest BCUT2D eigenvalue weighted by Crippen LogP contribution is 2.37. The number of halogens is 4. The summed E-state index contributed by atoms with van der Waals surface area (Å²) in [5.74, 6) is -0.387. The zero-order valence-corrected chi connectivity index (χ0v) is 12.0. The molecule has 0 amide bonds. The van der Waals surface area contributed by atoms with Gasteiger partial charge >= 0.3 is 5.51 Å². The Hall–Kier alpha value is -0.000000000000000111. The van der Waals surface area contributed by atoms with E-state index in [1.54, 1.807) is 22.6 Å². The predicted molar refractivity (Wildman–Crippen MR) is 67.9 cm³/mol. The summed E-state index contributed by atoms with van der Waals surface area (Å²) in [6, 6.07) is 3.83. The van der Waals surface area contributed by atoms with Crippen LogP contribution in [0.25, 0.3) is 0 Å². The minimum absolute atomic E-state index is 0.0140. The van der Waals surface area contributed by atoms with Crippen molar-refractivity contribution in [2.75, 3.05) is 0 Å². The van der Waals surface area contributed by atoms with Crippen molar-refractivity contribution in [3.8, 4) is 0 Å². The Morgan fingerprint density at radius 1 is 1.35 bits per heavy atom. The zero-order chi connectivity index (χ0) is 13.3. The van der Waals surface area contributed by atoms with Gasteiger partial charge in [-0.2, -0.15) is 13.2 Å². The van der Waals surface area contributed by atoms with Gasteiger partial charge in [0.2, 0.25) is 10.0 Å². The lowest BCUT2D eigenvalue weighted by Crippen LogP contribution is -2.15. The van der Waals surface area contributed by atoms with Gasteiger partial charge in [-0.3, -0.25) is 0 Å². The van der Waals surface area contributed by atoms with E-state index in [2.05, 4.69) is 0 Å². The molecule has 1 aromatic carbocycles. The van der Waals surface area contributed by atoms with Crippen molar-refractivity contribution in [1.29, 1.82) is 0 Å². The number of nitrogens with two attached hydrogens (primary N) is 1. The minimum atomic E-state index is -4.36. The third-order valence-corrected chi connectivity index (χ3v) is 4.05. The molecule has 9 heteroatoms. The van der Waals surface area contributed by atoms with Crippen LogP contribution in [0, 0.1) is 3.57 Å². The number of rotatable bonds is 3. The van der Waals surface area contributed by atoms with Crippen LogP contribution in [0.1, 0.15) is 5.56 Å². The number of hydrogen-bond acceptors (Lipinski definition) is 3. The summed E-state index contributed by atoms with van der Waals surface area (Å²) in [5.41, 5.74) is -3.97. The summed E-state index contributed by atoms with van der Waals surface area (Å²) in [6.07, 6.45) is 0. The van der Waals surface area contributed by atoms with Crippen LogP contribution in [0.5, 0.6) is 0 Å². The molecule has 3 nitrogen and oxygen atoms in total. The van der Waals surface area contributed by atoms with Crippen molar-refractivity contribution < 1.29 is 21.6 Å². The van der Waals surface area contributed by atoms with E-state index in [1.807, 2.05) is 0 Å². The Kier molecular flexibility index (Phi) is 4.72. The zero-order valence-electron chi connectivity index (χ0n) is 8.16. The molecule has 0 aliphatic carbocycles. The molecule has 1 aromatic rings. The van der Waals surface area contributed by atoms with Gasteiger partial charge < -0.3 is 0 Å². The molecule has 0 unspecified atom stereocenters. The minimum Gasteiger partial charge on any atom is -0.228 e. The standard InChI is InChI=1S/C8H7F3INO2S2/c9-8(10,11)16-6-2-1-5(7(12)3-6)4-17(13,14)15/h1-3H,4H2,(H2,13,14,15). The largest absolute Gasteiger partial charge is 0.446 e. The molecule has 0 radical (unpaired) electrons. The third kappa shape index (κ3) is 5.93. The van der Waals surface area contributed by atoms with Crippen LogP contribution in [0.3, 0.4) is 0 Å². The van der Waals surface area contributed by atoms with E-state index in [-0.39, 0.29) is 22.4 Å². The molecule has 0 atom stereocenters. The predicted octanol–water partition coefficient (Wildman–Crippen LogP) is 2.69. The van der Waals surface area contributed by atoms with Crippen molar-refractivity contribution in [2.45, 2.75) is 16.2 Å². The van der Waals surface area contributed by atoms with Crippen molar-refractivity contribution in [3.63, 3.8) is 0 Å². The van der Waals surface area contributed by atoms with Gasteiger partial charge in [0.05, 0.1) is 5.75 Å². The fraction of sp³-hybridized carbons (Fsp3) is 0.250. The Bertz CT molecular complexity index is 516. The van der Waals surface area contributed by atoms with Gasteiger partial charge in [0, 0.05) is 8.47 Å². The molecule has 0 spiro atoms. The SMILES string of the molecule is NS(=O)(=O)Cc1ccc(SC(F)(F)F)cc1I. The monoisotopic (exact) mass is 397 g/mol. The molecule has 0 aliphatic heterocycles. The molecule has 0 fully saturated rings. The number of benzene rings is 1. The van der Waals surface area contributed by atoms with Gasteiger partial charge in [-0.05, 0) is 52.0 Å². The lowest BCUT2D eigenvalue weighted by atomic mass is 10.2. The second kappa shape index (κ2) is 5.33. The highest BCUT2D eigenvalue weighted by atomic mass is 127. The first-order valence-electron chi connectivity index (χ1n) is 4.11. The van der Waals surface area contributed by atoms with Gasteiger partial charge in [0.15, 0.2) is 0 Å². The maximum Gasteiger partial charge on any atom is 0.446 e. The quantitative estimate of drug-likeness (QED) is 0.631. The average Bonchev–Trinajstić information content (AvgIpc) is 2.05. The first-order valence-corrected chi connectivity index (χ1v) is 7.72. The summed E-state index contributed by atoms with van der Waals surface area (Å²) in [6.45, 7) is 0. The molecule has 0 saturated heterocycles. The van der Waals surface area contributed by atoms with Crippen molar-refractivity contribution in [2.24, 2.45) is 5.14 Å². The fourth-order valence-electron chi connectivity index (χ4n) is 1.06. The molecular formula is C8H7F3INO2S2. The molecule has 0 aromatic heterocycles. The Morgan fingerprint density at radius 2 is 1.94 bits per heavy atom. The molecule has 17 heavy (non-hydrogen) atoms. The van der Waals surface area contributed by atoms with Crippen LogP contribution < -0.4 is 5.14 Å². The molecule has 0 bridgehead atoms. The van der Waals surface area contributed by atoms with Crippen molar-refractivity contribution in [3.05, 3.63) is 27.3 Å². The Balaban J connectivity index is 2.94. The van der Waals surface area contributed by atoms with Gasteiger partial charge in [0.25, 0.3) is 0 Å². The van der Waals surface area contributed by atoms with Crippen LogP contribution >= 0.6 is 34.4 Å². The molecule has 96 valence electrons. The summed E-state index contributed by atoms with van der Waals surface area (Å²) in [4.78, 5) is 0.0140. The molecule has 2 N–H and O–H groups in total. The Labute approximate surface area is 114 Å². The third-order valence-electron chi connectivity index (χ3n) is 1.61. The van der Waals surface area contributed by atoms with E-state index in [0.29, 0.717) is 9.13 Å². The molecular weight excluding hydrogens is 390 g/mol. The summed E-state index contributed by atoms with van der Waals surface area (Å²) in [7, 11) is -3.68. The van der Waals surface area contributed by atoms with E-state index in [4.69, 9.17) is 5.14 Å². The number of hydrogen-bond donors (Lipinski definition) is 1. The van der Waals surface area contributed by atoms with Gasteiger partial charge in [-0.1, -0.05) is 6.07 Å². The van der Waals surface area contributed by atoms with E-state index < -0.39 is 15.5 Å².